The van der Waals surface area contributed by atoms with Crippen LogP contribution in [0.5, 0.6) is 0 Å². The molecule has 0 bridgehead atoms. The third kappa shape index (κ3) is 4.28. The first-order valence-electron chi connectivity index (χ1n) is 8.33. The van der Waals surface area contributed by atoms with Gasteiger partial charge in [-0.3, -0.25) is 9.59 Å². The molecule has 0 saturated heterocycles. The fraction of sp³-hybridized carbons (Fsp3) is 0.105. The Bertz CT molecular complexity index is 1250. The van der Waals surface area contributed by atoms with Crippen LogP contribution in [0.15, 0.2) is 57.7 Å². The molecule has 1 atom stereocenters. The van der Waals surface area contributed by atoms with Crippen molar-refractivity contribution in [2.45, 2.75) is 12.5 Å². The molecule has 1 aliphatic heterocycles. The van der Waals surface area contributed by atoms with Gasteiger partial charge in [0.05, 0.1) is 0 Å². The van der Waals surface area contributed by atoms with Crippen LogP contribution in [-0.4, -0.2) is 32.4 Å². The molecule has 2 aromatic rings. The van der Waals surface area contributed by atoms with E-state index in [4.69, 9.17) is 30.6 Å². The summed E-state index contributed by atoms with van der Waals surface area (Å²) in [5.74, 6) is -0.628. The zero-order valence-corrected chi connectivity index (χ0v) is 14.8. The van der Waals surface area contributed by atoms with Crippen LogP contribution in [0.4, 0.5) is 0 Å². The number of carboxylic acid groups (broad SMARTS) is 1. The highest BCUT2D eigenvalue weighted by Crippen LogP contribution is 2.30. The van der Waals surface area contributed by atoms with Crippen molar-refractivity contribution < 1.29 is 24.6 Å². The highest BCUT2D eigenvalue weighted by atomic mass is 16.9. The van der Waals surface area contributed by atoms with E-state index < -0.39 is 17.1 Å². The average molecular weight is 397 g/mol. The summed E-state index contributed by atoms with van der Waals surface area (Å²) in [6.07, 6.45) is 0.200. The summed E-state index contributed by atoms with van der Waals surface area (Å²) < 4.78 is 5.83. The zero-order chi connectivity index (χ0) is 21.1. The molecule has 4 N–H and O–H groups in total. The number of hydrogen-bond donors (Lipinski definition) is 3. The molecular formula is C19H15N3O7. The van der Waals surface area contributed by atoms with E-state index in [2.05, 4.69) is 4.98 Å². The minimum atomic E-state index is -1.50. The molecule has 29 heavy (non-hydrogen) atoms. The fourth-order valence-electron chi connectivity index (χ4n) is 2.94. The Balaban J connectivity index is 0.000000552. The van der Waals surface area contributed by atoms with Gasteiger partial charge in [0.2, 0.25) is 0 Å². The second-order valence-electron chi connectivity index (χ2n) is 6.17. The Labute approximate surface area is 162 Å². The minimum absolute atomic E-state index is 0.114. The number of fused-ring (bicyclic) bond motifs is 4. The van der Waals surface area contributed by atoms with Gasteiger partial charge in [0.25, 0.3) is 5.09 Å². The lowest BCUT2D eigenvalue weighted by Crippen LogP contribution is -2.32. The molecule has 0 spiro atoms. The summed E-state index contributed by atoms with van der Waals surface area (Å²) in [5, 5.41) is 23.9. The molecule has 0 amide bonds. The predicted molar refractivity (Wildman–Crippen MR) is 103 cm³/mol. The van der Waals surface area contributed by atoms with Gasteiger partial charge in [-0.25, -0.2) is 4.98 Å². The monoisotopic (exact) mass is 397 g/mol. The van der Waals surface area contributed by atoms with Crippen molar-refractivity contribution in [2.24, 2.45) is 5.73 Å². The van der Waals surface area contributed by atoms with Crippen LogP contribution >= 0.6 is 0 Å². The maximum absolute atomic E-state index is 12.2. The van der Waals surface area contributed by atoms with Crippen molar-refractivity contribution in [3.05, 3.63) is 74.4 Å². The van der Waals surface area contributed by atoms with E-state index in [9.17, 15) is 9.59 Å². The molecule has 148 valence electrons. The molecule has 10 heteroatoms. The Morgan fingerprint density at radius 2 is 1.86 bits per heavy atom. The van der Waals surface area contributed by atoms with Gasteiger partial charge in [0.1, 0.15) is 17.3 Å². The number of nitrogens with two attached hydrogens (primary N) is 1. The largest absolute Gasteiger partial charge is 0.480 e. The van der Waals surface area contributed by atoms with Gasteiger partial charge in [0.15, 0.2) is 16.8 Å². The van der Waals surface area contributed by atoms with Crippen LogP contribution in [0.2, 0.25) is 0 Å². The second kappa shape index (κ2) is 7.90. The molecule has 4 rings (SSSR count). The van der Waals surface area contributed by atoms with Crippen molar-refractivity contribution in [3.63, 3.8) is 0 Å². The van der Waals surface area contributed by atoms with Gasteiger partial charge in [-0.15, -0.1) is 10.1 Å². The fourth-order valence-corrected chi connectivity index (χ4v) is 2.94. The summed E-state index contributed by atoms with van der Waals surface area (Å²) in [5.41, 5.74) is 7.95. The van der Waals surface area contributed by atoms with Gasteiger partial charge >= 0.3 is 5.97 Å². The molecule has 0 unspecified atom stereocenters. The minimum Gasteiger partial charge on any atom is -0.480 e. The van der Waals surface area contributed by atoms with Gasteiger partial charge < -0.3 is 20.5 Å². The standard InChI is InChI=1S/C19H14N2O4.HNO3/c20-13(19(23)24)7-10-5-6-16-14(8-10)21-18-12-4-2-1-3-11(12)15(22)9-17(18)25-16;2-1(3)4/h1-6,8-9,13H,7,20H2,(H,23,24);(H,2,3,4)/t13-;/m0./s1. The van der Waals surface area contributed by atoms with Crippen molar-refractivity contribution in [3.8, 4) is 11.5 Å². The summed E-state index contributed by atoms with van der Waals surface area (Å²) in [4.78, 5) is 36.1. The molecular weight excluding hydrogens is 382 g/mol. The smallest absolute Gasteiger partial charge is 0.320 e. The first-order valence-corrected chi connectivity index (χ1v) is 8.33. The highest BCUT2D eigenvalue weighted by molar-refractivity contribution is 5.96. The number of rotatable bonds is 3. The summed E-state index contributed by atoms with van der Waals surface area (Å²) in [6, 6.07) is 12.9. The summed E-state index contributed by atoms with van der Waals surface area (Å²) in [7, 11) is 0. The van der Waals surface area contributed by atoms with E-state index >= 15 is 0 Å². The Morgan fingerprint density at radius 1 is 1.21 bits per heavy atom. The molecule has 1 heterocycles. The molecule has 0 fully saturated rings. The number of benzene rings is 3. The first kappa shape index (κ1) is 19.7. The Kier molecular flexibility index (Phi) is 5.37. The normalized spacial score (nSPS) is 11.8. The molecule has 1 aliphatic carbocycles. The topological polar surface area (TPSA) is 170 Å². The lowest BCUT2D eigenvalue weighted by molar-refractivity contribution is -0.742. The van der Waals surface area contributed by atoms with Gasteiger partial charge in [-0.1, -0.05) is 30.3 Å². The van der Waals surface area contributed by atoms with E-state index in [0.29, 0.717) is 27.9 Å². The molecule has 2 aromatic carbocycles. The third-order valence-corrected chi connectivity index (χ3v) is 4.19. The molecule has 0 saturated carbocycles. The van der Waals surface area contributed by atoms with E-state index in [0.717, 1.165) is 10.9 Å². The quantitative estimate of drug-likeness (QED) is 0.202. The van der Waals surface area contributed by atoms with Crippen molar-refractivity contribution in [2.75, 3.05) is 0 Å². The number of carboxylic acids is 1. The Hall–Kier alpha value is -4.05. The third-order valence-electron chi connectivity index (χ3n) is 4.19. The Morgan fingerprint density at radius 3 is 2.52 bits per heavy atom. The number of nitrogens with zero attached hydrogens (tertiary/aromatic N) is 2. The lowest BCUT2D eigenvalue weighted by atomic mass is 10.0. The van der Waals surface area contributed by atoms with Crippen LogP contribution in [-0.2, 0) is 11.2 Å². The van der Waals surface area contributed by atoms with Crippen LogP contribution in [0.3, 0.4) is 0 Å². The molecule has 0 radical (unpaired) electrons. The second-order valence-corrected chi connectivity index (χ2v) is 6.17. The zero-order valence-electron chi connectivity index (χ0n) is 14.8. The molecule has 10 nitrogen and oxygen atoms in total. The number of aromatic nitrogens is 1. The lowest BCUT2D eigenvalue weighted by Gasteiger charge is -2.11. The summed E-state index contributed by atoms with van der Waals surface area (Å²) in [6.45, 7) is 0. The van der Waals surface area contributed by atoms with E-state index in [1.165, 1.54) is 6.07 Å². The van der Waals surface area contributed by atoms with Crippen LogP contribution in [0, 0.1) is 10.1 Å². The van der Waals surface area contributed by atoms with E-state index in [1.807, 2.05) is 12.1 Å². The number of aliphatic carboxylic acids is 1. The first-order chi connectivity index (χ1) is 13.8. The van der Waals surface area contributed by atoms with Crippen LogP contribution < -0.4 is 11.2 Å². The van der Waals surface area contributed by atoms with Gasteiger partial charge in [-0.2, -0.15) is 0 Å². The number of hydrogen-bond acceptors (Lipinski definition) is 7. The van der Waals surface area contributed by atoms with Gasteiger partial charge in [0, 0.05) is 16.8 Å². The number of carbonyl (C=O) groups is 1. The van der Waals surface area contributed by atoms with Crippen LogP contribution in [0.25, 0.3) is 33.3 Å². The predicted octanol–water partition coefficient (Wildman–Crippen LogP) is 2.05. The van der Waals surface area contributed by atoms with Crippen molar-refractivity contribution >= 4 is 27.8 Å². The van der Waals surface area contributed by atoms with Crippen molar-refractivity contribution in [1.29, 1.82) is 0 Å². The maximum Gasteiger partial charge on any atom is 0.320 e. The average Bonchev–Trinajstić information content (AvgIpc) is 2.66. The SMILES string of the molecule is N[C@@H](Cc1ccc2oc3cc(=O)c4ccccc4c-3nc2c1)C(=O)O.O=[N+]([O-])O. The highest BCUT2D eigenvalue weighted by Gasteiger charge is 2.17. The van der Waals surface area contributed by atoms with E-state index in [-0.39, 0.29) is 11.8 Å². The molecule has 0 aromatic heterocycles. The van der Waals surface area contributed by atoms with E-state index in [1.54, 1.807) is 30.3 Å². The van der Waals surface area contributed by atoms with Crippen molar-refractivity contribution in [1.82, 2.24) is 4.98 Å². The molecule has 2 aliphatic rings. The van der Waals surface area contributed by atoms with Gasteiger partial charge in [-0.05, 0) is 24.1 Å². The summed E-state index contributed by atoms with van der Waals surface area (Å²) >= 11 is 0. The maximum atomic E-state index is 12.2. The van der Waals surface area contributed by atoms with Crippen LogP contribution in [0.1, 0.15) is 5.56 Å².